The molecular weight excluding hydrogens is 510 g/mol. The number of hydrogen-bond donors (Lipinski definition) is 2. The van der Waals surface area contributed by atoms with Crippen molar-refractivity contribution in [2.45, 2.75) is 62.6 Å². The van der Waals surface area contributed by atoms with Crippen LogP contribution in [0.15, 0.2) is 82.2 Å². The molecule has 4 rings (SSSR count). The van der Waals surface area contributed by atoms with Gasteiger partial charge in [-0.15, -0.1) is 11.8 Å². The Bertz CT molecular complexity index is 1420. The van der Waals surface area contributed by atoms with Crippen molar-refractivity contribution >= 4 is 23.6 Å². The lowest BCUT2D eigenvalue weighted by molar-refractivity contribution is -0.139. The molecule has 0 bridgehead atoms. The Labute approximate surface area is 233 Å². The number of nitrogens with zero attached hydrogens (tertiary/aromatic N) is 2. The summed E-state index contributed by atoms with van der Waals surface area (Å²) >= 11 is 1.79. The first-order chi connectivity index (χ1) is 18.5. The third-order valence-corrected chi connectivity index (χ3v) is 7.18. The van der Waals surface area contributed by atoms with E-state index in [1.807, 2.05) is 60.7 Å². The molecule has 1 heterocycles. The summed E-state index contributed by atoms with van der Waals surface area (Å²) in [4.78, 5) is 30.3. The Kier molecular flexibility index (Phi) is 8.55. The minimum atomic E-state index is -1.10. The number of aliphatic carboxylic acids is 1. The van der Waals surface area contributed by atoms with Crippen LogP contribution in [0.4, 0.5) is 0 Å². The van der Waals surface area contributed by atoms with Crippen molar-refractivity contribution in [1.29, 1.82) is 0 Å². The predicted molar refractivity (Wildman–Crippen MR) is 154 cm³/mol. The number of carbonyl (C=O) groups is 2. The molecule has 0 aliphatic rings. The van der Waals surface area contributed by atoms with E-state index in [0.29, 0.717) is 22.5 Å². The van der Waals surface area contributed by atoms with Crippen LogP contribution in [-0.2, 0) is 16.6 Å². The van der Waals surface area contributed by atoms with Gasteiger partial charge in [-0.25, -0.2) is 4.79 Å². The summed E-state index contributed by atoms with van der Waals surface area (Å²) in [6, 6.07) is 21.4. The van der Waals surface area contributed by atoms with E-state index in [-0.39, 0.29) is 11.8 Å². The first-order valence-electron chi connectivity index (χ1n) is 12.8. The third kappa shape index (κ3) is 7.35. The molecule has 0 aliphatic carbocycles. The van der Waals surface area contributed by atoms with Crippen molar-refractivity contribution < 1.29 is 19.2 Å². The molecule has 8 heteroatoms. The molecule has 0 radical (unpaired) electrons. The Morgan fingerprint density at radius 2 is 1.54 bits per heavy atom. The van der Waals surface area contributed by atoms with E-state index >= 15 is 0 Å². The van der Waals surface area contributed by atoms with Crippen LogP contribution in [0.3, 0.4) is 0 Å². The van der Waals surface area contributed by atoms with Gasteiger partial charge in [-0.1, -0.05) is 76.2 Å². The van der Waals surface area contributed by atoms with Crippen LogP contribution in [0.1, 0.15) is 56.1 Å². The summed E-state index contributed by atoms with van der Waals surface area (Å²) in [5.41, 5.74) is 3.83. The van der Waals surface area contributed by atoms with Gasteiger partial charge in [0.15, 0.2) is 0 Å². The summed E-state index contributed by atoms with van der Waals surface area (Å²) in [5, 5.41) is 17.0. The largest absolute Gasteiger partial charge is 0.480 e. The number of carboxylic acids is 1. The summed E-state index contributed by atoms with van der Waals surface area (Å²) in [6.07, 6.45) is 0.139. The predicted octanol–water partition coefficient (Wildman–Crippen LogP) is 6.63. The molecule has 0 saturated carbocycles. The molecular formula is C31H33N3O4S. The van der Waals surface area contributed by atoms with Crippen molar-refractivity contribution in [3.05, 3.63) is 89.5 Å². The molecule has 4 aromatic rings. The highest BCUT2D eigenvalue weighted by Gasteiger charge is 2.22. The topological polar surface area (TPSA) is 105 Å². The second-order valence-corrected chi connectivity index (χ2v) is 12.4. The van der Waals surface area contributed by atoms with Crippen molar-refractivity contribution in [1.82, 2.24) is 15.5 Å². The van der Waals surface area contributed by atoms with Gasteiger partial charge in [-0.05, 0) is 52.9 Å². The van der Waals surface area contributed by atoms with E-state index in [1.165, 1.54) is 4.90 Å². The zero-order valence-corrected chi connectivity index (χ0v) is 23.6. The molecule has 0 aliphatic heterocycles. The monoisotopic (exact) mass is 543 g/mol. The minimum absolute atomic E-state index is 0.0359. The van der Waals surface area contributed by atoms with Gasteiger partial charge in [0.2, 0.25) is 5.82 Å². The quantitative estimate of drug-likeness (QED) is 0.228. The zero-order chi connectivity index (χ0) is 28.2. The molecule has 0 saturated heterocycles. The van der Waals surface area contributed by atoms with Gasteiger partial charge in [0.1, 0.15) is 6.04 Å². The molecule has 7 nitrogen and oxygen atoms in total. The maximum Gasteiger partial charge on any atom is 0.326 e. The number of carboxylic acid groups (broad SMARTS) is 1. The maximum atomic E-state index is 12.7. The standard InChI is InChI=1S/C31H33N3O4S/c1-19(2)39-25-16-12-23(13-17-25)29-33-27(34-38-29)21-8-6-20(7-9-21)18-26(30(36)37)32-28(35)22-10-14-24(15-11-22)31(3,4)5/h6-17,19,26H,18H2,1-5H3,(H,32,35)(H,36,37). The molecule has 2 N–H and O–H groups in total. The average molecular weight is 544 g/mol. The summed E-state index contributed by atoms with van der Waals surface area (Å²) in [7, 11) is 0. The number of rotatable bonds is 9. The fourth-order valence-electron chi connectivity index (χ4n) is 4.00. The van der Waals surface area contributed by atoms with E-state index < -0.39 is 17.9 Å². The summed E-state index contributed by atoms with van der Waals surface area (Å²) in [5.74, 6) is -0.646. The molecule has 1 atom stereocenters. The normalized spacial score (nSPS) is 12.4. The van der Waals surface area contributed by atoms with E-state index in [4.69, 9.17) is 4.52 Å². The fourth-order valence-corrected chi connectivity index (χ4v) is 4.83. The van der Waals surface area contributed by atoms with E-state index in [9.17, 15) is 14.7 Å². The average Bonchev–Trinajstić information content (AvgIpc) is 3.38. The molecule has 1 unspecified atom stereocenters. The molecule has 1 aromatic heterocycles. The number of amides is 1. The van der Waals surface area contributed by atoms with Crippen LogP contribution in [0.2, 0.25) is 0 Å². The maximum absolute atomic E-state index is 12.7. The Hall–Kier alpha value is -3.91. The highest BCUT2D eigenvalue weighted by atomic mass is 32.2. The van der Waals surface area contributed by atoms with Crippen molar-refractivity contribution in [2.24, 2.45) is 0 Å². The van der Waals surface area contributed by atoms with Gasteiger partial charge in [0.05, 0.1) is 0 Å². The van der Waals surface area contributed by atoms with E-state index in [1.54, 1.807) is 23.9 Å². The number of thioether (sulfide) groups is 1. The molecule has 202 valence electrons. The van der Waals surface area contributed by atoms with Gasteiger partial charge in [0.25, 0.3) is 11.8 Å². The number of nitrogens with one attached hydrogen (secondary N) is 1. The molecule has 1 amide bonds. The van der Waals surface area contributed by atoms with Crippen LogP contribution >= 0.6 is 11.8 Å². The molecule has 39 heavy (non-hydrogen) atoms. The number of carbonyl (C=O) groups excluding carboxylic acids is 1. The lowest BCUT2D eigenvalue weighted by Gasteiger charge is -2.19. The van der Waals surface area contributed by atoms with Crippen LogP contribution < -0.4 is 5.32 Å². The van der Waals surface area contributed by atoms with Crippen LogP contribution in [0, 0.1) is 0 Å². The third-order valence-electron chi connectivity index (χ3n) is 6.17. The van der Waals surface area contributed by atoms with Crippen molar-refractivity contribution in [3.8, 4) is 22.8 Å². The summed E-state index contributed by atoms with van der Waals surface area (Å²) in [6.45, 7) is 10.6. The Morgan fingerprint density at radius 1 is 0.923 bits per heavy atom. The second-order valence-electron chi connectivity index (χ2n) is 10.7. The number of aromatic nitrogens is 2. The van der Waals surface area contributed by atoms with Crippen molar-refractivity contribution in [2.75, 3.05) is 0 Å². The Balaban J connectivity index is 1.41. The van der Waals surface area contributed by atoms with Gasteiger partial charge < -0.3 is 14.9 Å². The van der Waals surface area contributed by atoms with Crippen LogP contribution in [-0.4, -0.2) is 38.4 Å². The Morgan fingerprint density at radius 3 is 2.10 bits per heavy atom. The number of hydrogen-bond acceptors (Lipinski definition) is 6. The molecule has 3 aromatic carbocycles. The van der Waals surface area contributed by atoms with Gasteiger partial charge >= 0.3 is 5.97 Å². The number of benzene rings is 3. The highest BCUT2D eigenvalue weighted by Crippen LogP contribution is 2.27. The molecule has 0 spiro atoms. The highest BCUT2D eigenvalue weighted by molar-refractivity contribution is 7.99. The first-order valence-corrected chi connectivity index (χ1v) is 13.7. The van der Waals surface area contributed by atoms with E-state index in [2.05, 4.69) is 50.1 Å². The smallest absolute Gasteiger partial charge is 0.326 e. The first kappa shape index (κ1) is 28.1. The van der Waals surface area contributed by atoms with E-state index in [0.717, 1.165) is 22.3 Å². The molecule has 0 fully saturated rings. The zero-order valence-electron chi connectivity index (χ0n) is 22.8. The summed E-state index contributed by atoms with van der Waals surface area (Å²) < 4.78 is 5.47. The minimum Gasteiger partial charge on any atom is -0.480 e. The van der Waals surface area contributed by atoms with Crippen LogP contribution in [0.5, 0.6) is 0 Å². The second kappa shape index (κ2) is 11.9. The van der Waals surface area contributed by atoms with Crippen LogP contribution in [0.25, 0.3) is 22.8 Å². The lowest BCUT2D eigenvalue weighted by Crippen LogP contribution is -2.42. The SMILES string of the molecule is CC(C)Sc1ccc(-c2nc(-c3ccc(CC(NC(=O)c4ccc(C(C)(C)C)cc4)C(=O)O)cc3)no2)cc1. The fraction of sp³-hybridized carbons (Fsp3) is 0.290. The lowest BCUT2D eigenvalue weighted by atomic mass is 9.86. The van der Waals surface area contributed by atoms with Gasteiger partial charge in [-0.3, -0.25) is 4.79 Å². The van der Waals surface area contributed by atoms with Gasteiger partial charge in [-0.2, -0.15) is 4.98 Å². The van der Waals surface area contributed by atoms with Crippen molar-refractivity contribution in [3.63, 3.8) is 0 Å². The van der Waals surface area contributed by atoms with Gasteiger partial charge in [0, 0.05) is 33.3 Å².